The van der Waals surface area contributed by atoms with Crippen molar-refractivity contribution in [2.24, 2.45) is 17.6 Å². The Morgan fingerprint density at radius 1 is 1.21 bits per heavy atom. The van der Waals surface area contributed by atoms with Crippen LogP contribution in [0, 0.1) is 11.8 Å². The Morgan fingerprint density at radius 2 is 1.89 bits per heavy atom. The predicted octanol–water partition coefficient (Wildman–Crippen LogP) is 1.62. The molecule has 0 saturated heterocycles. The summed E-state index contributed by atoms with van der Waals surface area (Å²) in [5.74, 6) is -0.980. The van der Waals surface area contributed by atoms with Crippen molar-refractivity contribution in [3.05, 3.63) is 29.8 Å². The van der Waals surface area contributed by atoms with E-state index in [0.29, 0.717) is 31.6 Å². The highest BCUT2D eigenvalue weighted by Crippen LogP contribution is 2.19. The second-order valence-electron chi connectivity index (χ2n) is 7.57. The van der Waals surface area contributed by atoms with E-state index in [2.05, 4.69) is 5.32 Å². The van der Waals surface area contributed by atoms with Gasteiger partial charge in [-0.15, -0.1) is 0 Å². The number of hydrogen-bond donors (Lipinski definition) is 2. The monoisotopic (exact) mass is 390 g/mol. The zero-order valence-electron chi connectivity index (χ0n) is 16.8. The van der Waals surface area contributed by atoms with Crippen LogP contribution >= 0.6 is 0 Å². The average molecular weight is 390 g/mol. The molecule has 0 radical (unpaired) electrons. The summed E-state index contributed by atoms with van der Waals surface area (Å²) in [7, 11) is 1.31. The van der Waals surface area contributed by atoms with Gasteiger partial charge >= 0.3 is 5.97 Å². The molecule has 0 unspecified atom stereocenters. The zero-order valence-corrected chi connectivity index (χ0v) is 16.8. The molecule has 0 saturated carbocycles. The molecule has 2 aliphatic heterocycles. The van der Waals surface area contributed by atoms with Crippen molar-refractivity contribution in [1.82, 2.24) is 5.32 Å². The number of hydrogen-bond acceptors (Lipinski definition) is 6. The topological polar surface area (TPSA) is 108 Å². The van der Waals surface area contributed by atoms with Gasteiger partial charge in [-0.1, -0.05) is 26.0 Å². The molecule has 0 aromatic heterocycles. The molecule has 0 fully saturated rings. The Balaban J connectivity index is 2.25. The second-order valence-corrected chi connectivity index (χ2v) is 7.57. The molecule has 2 bridgehead atoms. The maximum absolute atomic E-state index is 12.8. The lowest BCUT2D eigenvalue weighted by atomic mass is 9.90. The van der Waals surface area contributed by atoms with Crippen LogP contribution in [0.2, 0.25) is 0 Å². The largest absolute Gasteiger partial charge is 0.494 e. The van der Waals surface area contributed by atoms with Crippen molar-refractivity contribution in [2.45, 2.75) is 51.6 Å². The number of nitrogens with one attached hydrogen (secondary N) is 1. The fourth-order valence-electron chi connectivity index (χ4n) is 3.31. The minimum Gasteiger partial charge on any atom is -0.494 e. The van der Waals surface area contributed by atoms with Crippen LogP contribution in [0.25, 0.3) is 0 Å². The number of rotatable bonds is 2. The van der Waals surface area contributed by atoms with E-state index in [1.165, 1.54) is 7.11 Å². The average Bonchev–Trinajstić information content (AvgIpc) is 2.67. The number of amides is 1. The summed E-state index contributed by atoms with van der Waals surface area (Å²) >= 11 is 0. The summed E-state index contributed by atoms with van der Waals surface area (Å²) in [6.07, 6.45) is 1.45. The van der Waals surface area contributed by atoms with Gasteiger partial charge in [0, 0.05) is 6.42 Å². The molecule has 1 aromatic carbocycles. The highest BCUT2D eigenvalue weighted by atomic mass is 16.5. The third-order valence-corrected chi connectivity index (χ3v) is 4.97. The lowest BCUT2D eigenvalue weighted by Gasteiger charge is -2.25. The van der Waals surface area contributed by atoms with Gasteiger partial charge in [-0.2, -0.15) is 0 Å². The van der Waals surface area contributed by atoms with Gasteiger partial charge in [0.15, 0.2) is 5.78 Å². The first-order valence-corrected chi connectivity index (χ1v) is 9.70. The number of ketones is 1. The number of ether oxygens (including phenoxy) is 2. The minimum atomic E-state index is -0.773. The van der Waals surface area contributed by atoms with E-state index in [1.807, 2.05) is 38.1 Å². The zero-order chi connectivity index (χ0) is 20.7. The highest BCUT2D eigenvalue weighted by Gasteiger charge is 2.31. The first kappa shape index (κ1) is 21.9. The summed E-state index contributed by atoms with van der Waals surface area (Å²) in [6.45, 7) is 4.14. The molecule has 1 aromatic rings. The molecule has 7 heteroatoms. The highest BCUT2D eigenvalue weighted by molar-refractivity contribution is 5.93. The third kappa shape index (κ3) is 6.05. The van der Waals surface area contributed by atoms with Gasteiger partial charge in [0.25, 0.3) is 0 Å². The molecule has 0 spiro atoms. The van der Waals surface area contributed by atoms with Crippen molar-refractivity contribution in [3.8, 4) is 5.75 Å². The number of benzene rings is 1. The van der Waals surface area contributed by atoms with E-state index in [1.54, 1.807) is 0 Å². The van der Waals surface area contributed by atoms with E-state index in [4.69, 9.17) is 15.2 Å². The predicted molar refractivity (Wildman–Crippen MR) is 105 cm³/mol. The summed E-state index contributed by atoms with van der Waals surface area (Å²) in [5.41, 5.74) is 6.96. The van der Waals surface area contributed by atoms with Crippen LogP contribution in [0.5, 0.6) is 5.75 Å². The first-order valence-electron chi connectivity index (χ1n) is 9.70. The second kappa shape index (κ2) is 10.2. The lowest BCUT2D eigenvalue weighted by Crippen LogP contribution is -2.51. The maximum Gasteiger partial charge on any atom is 0.309 e. The number of Topliss-reactive ketones (excluding diaryl/α,β-unsaturated/α-hetero) is 1. The molecule has 0 aliphatic carbocycles. The number of nitrogens with two attached hydrogens (primary N) is 1. The SMILES string of the molecule is COC(=O)[C@@H]1CCCOc2ccc(cc2)C[C@H](N)C(=O)N[C@@H](C(C)C)C(=O)C1. The van der Waals surface area contributed by atoms with Gasteiger partial charge in [-0.05, 0) is 42.9 Å². The third-order valence-electron chi connectivity index (χ3n) is 4.97. The van der Waals surface area contributed by atoms with E-state index < -0.39 is 24.0 Å². The molecule has 1 amide bonds. The summed E-state index contributed by atoms with van der Waals surface area (Å²) < 4.78 is 10.6. The van der Waals surface area contributed by atoms with Gasteiger partial charge in [0.2, 0.25) is 5.91 Å². The molecule has 2 heterocycles. The molecule has 2 aliphatic rings. The Hall–Kier alpha value is -2.41. The quantitative estimate of drug-likeness (QED) is 0.743. The normalized spacial score (nSPS) is 24.5. The van der Waals surface area contributed by atoms with Crippen molar-refractivity contribution in [2.75, 3.05) is 13.7 Å². The van der Waals surface area contributed by atoms with Crippen LogP contribution in [-0.2, 0) is 25.5 Å². The van der Waals surface area contributed by atoms with Crippen LogP contribution in [0.1, 0.15) is 38.7 Å². The van der Waals surface area contributed by atoms with Gasteiger partial charge in [-0.3, -0.25) is 14.4 Å². The molecular weight excluding hydrogens is 360 g/mol. The van der Waals surface area contributed by atoms with Crippen molar-refractivity contribution in [3.63, 3.8) is 0 Å². The molecule has 154 valence electrons. The summed E-state index contributed by atoms with van der Waals surface area (Å²) in [6, 6.07) is 5.95. The van der Waals surface area contributed by atoms with E-state index in [-0.39, 0.29) is 24.0 Å². The van der Waals surface area contributed by atoms with Gasteiger partial charge in [0.1, 0.15) is 5.75 Å². The van der Waals surface area contributed by atoms with E-state index in [9.17, 15) is 14.4 Å². The minimum absolute atomic E-state index is 0.0127. The van der Waals surface area contributed by atoms with Crippen LogP contribution < -0.4 is 15.8 Å². The number of esters is 1. The maximum atomic E-state index is 12.8. The number of carbonyl (C=O) groups excluding carboxylic acids is 3. The number of fused-ring (bicyclic) bond motifs is 13. The van der Waals surface area contributed by atoms with Crippen LogP contribution in [0.15, 0.2) is 24.3 Å². The van der Waals surface area contributed by atoms with Gasteiger partial charge in [-0.25, -0.2) is 0 Å². The molecule has 3 N–H and O–H groups in total. The van der Waals surface area contributed by atoms with Gasteiger partial charge < -0.3 is 20.5 Å². The van der Waals surface area contributed by atoms with Gasteiger partial charge in [0.05, 0.1) is 31.7 Å². The molecule has 28 heavy (non-hydrogen) atoms. The van der Waals surface area contributed by atoms with Crippen molar-refractivity contribution >= 4 is 17.7 Å². The Labute approximate surface area is 166 Å². The summed E-state index contributed by atoms with van der Waals surface area (Å²) in [5, 5.41) is 2.78. The van der Waals surface area contributed by atoms with E-state index >= 15 is 0 Å². The number of carbonyl (C=O) groups is 3. The molecule has 3 rings (SSSR count). The molecule has 3 atom stereocenters. The van der Waals surface area contributed by atoms with Crippen LogP contribution in [-0.4, -0.2) is 43.5 Å². The lowest BCUT2D eigenvalue weighted by molar-refractivity contribution is -0.147. The fourth-order valence-corrected chi connectivity index (χ4v) is 3.31. The first-order chi connectivity index (χ1) is 13.3. The smallest absolute Gasteiger partial charge is 0.309 e. The molecular formula is C21H30N2O5. The van der Waals surface area contributed by atoms with Crippen LogP contribution in [0.4, 0.5) is 0 Å². The Kier molecular flexibility index (Phi) is 7.99. The van der Waals surface area contributed by atoms with E-state index in [0.717, 1.165) is 5.56 Å². The van der Waals surface area contributed by atoms with Crippen molar-refractivity contribution < 1.29 is 23.9 Å². The van der Waals surface area contributed by atoms with Crippen LogP contribution in [0.3, 0.4) is 0 Å². The van der Waals surface area contributed by atoms with Crippen molar-refractivity contribution in [1.29, 1.82) is 0 Å². The summed E-state index contributed by atoms with van der Waals surface area (Å²) in [4.78, 5) is 37.5. The fraction of sp³-hybridized carbons (Fsp3) is 0.571. The standard InChI is InChI=1S/C21H30N2O5/c1-13(2)19-18(24)12-15(21(26)27-3)5-4-10-28-16-8-6-14(7-9-16)11-17(22)20(25)23-19/h6-9,13,15,17,19H,4-5,10-12,22H2,1-3H3,(H,23,25)/t15-,17+,19+/m1/s1. The Bertz CT molecular complexity index is 687. The molecule has 7 nitrogen and oxygen atoms in total. The number of methoxy groups -OCH3 is 1. The Morgan fingerprint density at radius 3 is 2.50 bits per heavy atom.